The highest BCUT2D eigenvalue weighted by Gasteiger charge is 2.49. The predicted octanol–water partition coefficient (Wildman–Crippen LogP) is 3.35. The maximum Gasteiger partial charge on any atom is 0.257 e. The van der Waals surface area contributed by atoms with Gasteiger partial charge in [0.2, 0.25) is 17.7 Å². The second-order valence-corrected chi connectivity index (χ2v) is 10.7. The number of aryl methyl sites for hydroxylation is 2. The number of likely N-dealkylation sites (tertiary alicyclic amines) is 2. The third-order valence-electron chi connectivity index (χ3n) is 7.51. The first kappa shape index (κ1) is 23.1. The summed E-state index contributed by atoms with van der Waals surface area (Å²) < 4.78 is 11.6. The van der Waals surface area contributed by atoms with E-state index in [0.29, 0.717) is 48.8 Å². The first-order chi connectivity index (χ1) is 16.2. The number of hydrogen-bond acceptors (Lipinski definition) is 7. The molecule has 2 amide bonds. The van der Waals surface area contributed by atoms with Crippen molar-refractivity contribution >= 4 is 11.8 Å². The van der Waals surface area contributed by atoms with Gasteiger partial charge in [0.15, 0.2) is 0 Å². The smallest absolute Gasteiger partial charge is 0.257 e. The SMILES string of the molecule is Cc1cc(C(=O)N2CCC3(CC2)CC(c2nnc(C(C)C)o2)N(CC(=O)NC2CC2)C3)c(C)o1. The molecule has 184 valence electrons. The fraction of sp³-hybridized carbons (Fsp3) is 0.680. The Morgan fingerprint density at radius 2 is 1.91 bits per heavy atom. The van der Waals surface area contributed by atoms with Crippen LogP contribution in [0.4, 0.5) is 0 Å². The summed E-state index contributed by atoms with van der Waals surface area (Å²) in [5.74, 6) is 2.92. The van der Waals surface area contributed by atoms with Gasteiger partial charge in [-0.25, -0.2) is 0 Å². The summed E-state index contributed by atoms with van der Waals surface area (Å²) in [4.78, 5) is 29.9. The Labute approximate surface area is 200 Å². The number of nitrogens with one attached hydrogen (secondary N) is 1. The molecule has 4 heterocycles. The minimum atomic E-state index is -0.0778. The van der Waals surface area contributed by atoms with Gasteiger partial charge < -0.3 is 19.1 Å². The molecular formula is C25H35N5O4. The van der Waals surface area contributed by atoms with Crippen molar-refractivity contribution in [2.75, 3.05) is 26.2 Å². The zero-order chi connectivity index (χ0) is 24.0. The topological polar surface area (TPSA) is 105 Å². The van der Waals surface area contributed by atoms with Crippen molar-refractivity contribution in [1.82, 2.24) is 25.3 Å². The van der Waals surface area contributed by atoms with Gasteiger partial charge in [0.25, 0.3) is 5.91 Å². The van der Waals surface area contributed by atoms with Gasteiger partial charge in [-0.1, -0.05) is 13.8 Å². The monoisotopic (exact) mass is 469 g/mol. The predicted molar refractivity (Wildman–Crippen MR) is 124 cm³/mol. The quantitative estimate of drug-likeness (QED) is 0.692. The van der Waals surface area contributed by atoms with Crippen LogP contribution >= 0.6 is 0 Å². The molecule has 1 unspecified atom stereocenters. The molecule has 0 radical (unpaired) electrons. The van der Waals surface area contributed by atoms with Crippen LogP contribution in [0.1, 0.15) is 91.6 Å². The van der Waals surface area contributed by atoms with Crippen molar-refractivity contribution in [1.29, 1.82) is 0 Å². The molecule has 9 nitrogen and oxygen atoms in total. The summed E-state index contributed by atoms with van der Waals surface area (Å²) in [6.45, 7) is 10.3. The summed E-state index contributed by atoms with van der Waals surface area (Å²) in [6, 6.07) is 2.09. The lowest BCUT2D eigenvalue weighted by Gasteiger charge is -2.39. The molecule has 0 bridgehead atoms. The Balaban J connectivity index is 1.30. The summed E-state index contributed by atoms with van der Waals surface area (Å²) in [5, 5.41) is 11.7. The van der Waals surface area contributed by atoms with E-state index in [1.54, 1.807) is 0 Å². The number of piperidine rings is 1. The molecule has 1 N–H and O–H groups in total. The van der Waals surface area contributed by atoms with E-state index in [0.717, 1.165) is 44.4 Å². The Hall–Kier alpha value is -2.68. The molecule has 1 atom stereocenters. The maximum absolute atomic E-state index is 13.1. The first-order valence-electron chi connectivity index (χ1n) is 12.5. The average molecular weight is 470 g/mol. The molecule has 1 saturated carbocycles. The fourth-order valence-corrected chi connectivity index (χ4v) is 5.41. The first-order valence-corrected chi connectivity index (χ1v) is 12.5. The minimum absolute atomic E-state index is 0.0229. The van der Waals surface area contributed by atoms with Crippen molar-refractivity contribution in [3.8, 4) is 0 Å². The second kappa shape index (κ2) is 8.83. The summed E-state index contributed by atoms with van der Waals surface area (Å²) >= 11 is 0. The lowest BCUT2D eigenvalue weighted by atomic mass is 9.76. The second-order valence-electron chi connectivity index (χ2n) is 10.7. The third-order valence-corrected chi connectivity index (χ3v) is 7.51. The van der Waals surface area contributed by atoms with Crippen LogP contribution in [-0.4, -0.2) is 64.0 Å². The van der Waals surface area contributed by atoms with Gasteiger partial charge in [0, 0.05) is 31.6 Å². The van der Waals surface area contributed by atoms with Crippen LogP contribution in [0.5, 0.6) is 0 Å². The van der Waals surface area contributed by atoms with Gasteiger partial charge in [0.1, 0.15) is 11.5 Å². The van der Waals surface area contributed by atoms with Crippen LogP contribution in [0, 0.1) is 19.3 Å². The highest BCUT2D eigenvalue weighted by molar-refractivity contribution is 5.95. The van der Waals surface area contributed by atoms with E-state index in [-0.39, 0.29) is 29.2 Å². The van der Waals surface area contributed by atoms with Crippen molar-refractivity contribution in [2.24, 2.45) is 5.41 Å². The van der Waals surface area contributed by atoms with Gasteiger partial charge in [-0.2, -0.15) is 0 Å². The highest BCUT2D eigenvalue weighted by Crippen LogP contribution is 2.49. The van der Waals surface area contributed by atoms with Crippen molar-refractivity contribution < 1.29 is 18.4 Å². The lowest BCUT2D eigenvalue weighted by molar-refractivity contribution is -0.122. The molecule has 3 fully saturated rings. The van der Waals surface area contributed by atoms with E-state index >= 15 is 0 Å². The van der Waals surface area contributed by atoms with Crippen LogP contribution in [0.25, 0.3) is 0 Å². The normalized spacial score (nSPS) is 22.6. The zero-order valence-electron chi connectivity index (χ0n) is 20.6. The number of nitrogens with zero attached hydrogens (tertiary/aromatic N) is 4. The number of amides is 2. The standard InChI is InChI=1S/C25H35N5O4/c1-15(2)22-27-28-23(34-22)20-12-25(14-30(20)13-21(31)26-18-5-6-18)7-9-29(10-8-25)24(32)19-11-16(3)33-17(19)4/h11,15,18,20H,5-10,12-14H2,1-4H3,(H,26,31). The number of carbonyl (C=O) groups excluding carboxylic acids is 2. The van der Waals surface area contributed by atoms with Crippen LogP contribution in [0.15, 0.2) is 14.9 Å². The van der Waals surface area contributed by atoms with Crippen molar-refractivity contribution in [3.05, 3.63) is 34.9 Å². The van der Waals surface area contributed by atoms with Crippen molar-refractivity contribution in [3.63, 3.8) is 0 Å². The minimum Gasteiger partial charge on any atom is -0.466 e. The molecule has 0 aromatic carbocycles. The molecule has 2 saturated heterocycles. The van der Waals surface area contributed by atoms with Gasteiger partial charge >= 0.3 is 0 Å². The number of hydrogen-bond donors (Lipinski definition) is 1. The molecule has 2 aliphatic heterocycles. The van der Waals surface area contributed by atoms with E-state index in [9.17, 15) is 9.59 Å². The Morgan fingerprint density at radius 1 is 1.18 bits per heavy atom. The largest absolute Gasteiger partial charge is 0.466 e. The van der Waals surface area contributed by atoms with E-state index in [4.69, 9.17) is 8.83 Å². The summed E-state index contributed by atoms with van der Waals surface area (Å²) in [6.07, 6.45) is 4.77. The molecule has 9 heteroatoms. The molecule has 34 heavy (non-hydrogen) atoms. The van der Waals surface area contributed by atoms with Gasteiger partial charge in [0.05, 0.1) is 18.2 Å². The molecule has 2 aromatic rings. The highest BCUT2D eigenvalue weighted by atomic mass is 16.4. The van der Waals surface area contributed by atoms with Gasteiger partial charge in [-0.3, -0.25) is 14.5 Å². The number of furan rings is 1. The van der Waals surface area contributed by atoms with Crippen molar-refractivity contribution in [2.45, 2.75) is 77.8 Å². The van der Waals surface area contributed by atoms with Crippen LogP contribution < -0.4 is 5.32 Å². The molecular weight excluding hydrogens is 434 g/mol. The van der Waals surface area contributed by atoms with E-state index < -0.39 is 0 Å². The Kier molecular flexibility index (Phi) is 6.00. The maximum atomic E-state index is 13.1. The average Bonchev–Trinajstić information content (AvgIpc) is 3.18. The van der Waals surface area contributed by atoms with E-state index in [1.165, 1.54) is 0 Å². The molecule has 2 aromatic heterocycles. The molecule has 3 aliphatic rings. The number of aromatic nitrogens is 2. The van der Waals surface area contributed by atoms with E-state index in [1.807, 2.05) is 38.7 Å². The van der Waals surface area contributed by atoms with Crippen LogP contribution in [0.2, 0.25) is 0 Å². The Bertz CT molecular complexity index is 1060. The van der Waals surface area contributed by atoms with E-state index in [2.05, 4.69) is 20.4 Å². The molecule has 5 rings (SSSR count). The van der Waals surface area contributed by atoms with Crippen LogP contribution in [-0.2, 0) is 4.79 Å². The third kappa shape index (κ3) is 4.62. The lowest BCUT2D eigenvalue weighted by Crippen LogP contribution is -2.45. The number of rotatable bonds is 6. The zero-order valence-corrected chi connectivity index (χ0v) is 20.6. The molecule has 1 aliphatic carbocycles. The summed E-state index contributed by atoms with van der Waals surface area (Å²) in [5.41, 5.74) is 0.679. The number of carbonyl (C=O) groups is 2. The van der Waals surface area contributed by atoms with Crippen LogP contribution in [0.3, 0.4) is 0 Å². The fourth-order valence-electron chi connectivity index (χ4n) is 5.41. The summed E-state index contributed by atoms with van der Waals surface area (Å²) in [7, 11) is 0. The Morgan fingerprint density at radius 3 is 2.50 bits per heavy atom. The van der Waals surface area contributed by atoms with Gasteiger partial charge in [-0.05, 0) is 57.4 Å². The molecule has 1 spiro atoms. The van der Waals surface area contributed by atoms with Gasteiger partial charge in [-0.15, -0.1) is 10.2 Å².